The van der Waals surface area contributed by atoms with Crippen LogP contribution >= 0.6 is 0 Å². The number of carbonyl (C=O) groups excluding carboxylic acids is 1. The number of ether oxygens (including phenoxy) is 1. The molecule has 1 rings (SSSR count). The molecule has 1 aliphatic heterocycles. The lowest BCUT2D eigenvalue weighted by Gasteiger charge is -2.30. The number of likely N-dealkylation sites (tertiary alicyclic amines) is 1. The van der Waals surface area contributed by atoms with Crippen molar-refractivity contribution in [2.75, 3.05) is 19.7 Å². The second-order valence-corrected chi connectivity index (χ2v) is 4.67. The lowest BCUT2D eigenvalue weighted by molar-refractivity contribution is 0.0725. The number of hydrogen-bond acceptors (Lipinski definition) is 3. The highest BCUT2D eigenvalue weighted by molar-refractivity contribution is 5.67. The largest absolute Gasteiger partial charge is 0.447 e. The van der Waals surface area contributed by atoms with Crippen molar-refractivity contribution in [2.24, 2.45) is 5.73 Å². The summed E-state index contributed by atoms with van der Waals surface area (Å²) in [5.41, 5.74) is 5.72. The van der Waals surface area contributed by atoms with Gasteiger partial charge in [-0.1, -0.05) is 13.8 Å². The summed E-state index contributed by atoms with van der Waals surface area (Å²) in [7, 11) is 0. The molecule has 0 bridgehead atoms. The first-order valence-corrected chi connectivity index (χ1v) is 6.32. The fraction of sp³-hybridized carbons (Fsp3) is 0.917. The second kappa shape index (κ2) is 6.09. The van der Waals surface area contributed by atoms with Crippen molar-refractivity contribution in [2.45, 2.75) is 51.5 Å². The van der Waals surface area contributed by atoms with E-state index in [1.54, 1.807) is 4.90 Å². The topological polar surface area (TPSA) is 55.6 Å². The number of carbonyl (C=O) groups is 1. The molecule has 1 fully saturated rings. The zero-order valence-corrected chi connectivity index (χ0v) is 10.5. The van der Waals surface area contributed by atoms with E-state index in [1.165, 1.54) is 6.42 Å². The minimum atomic E-state index is -0.356. The summed E-state index contributed by atoms with van der Waals surface area (Å²) in [6.07, 6.45) is 4.85. The quantitative estimate of drug-likeness (QED) is 0.802. The van der Waals surface area contributed by atoms with Gasteiger partial charge in [0.25, 0.3) is 0 Å². The van der Waals surface area contributed by atoms with Crippen LogP contribution in [0.5, 0.6) is 0 Å². The van der Waals surface area contributed by atoms with E-state index < -0.39 is 0 Å². The zero-order chi connectivity index (χ0) is 12.0. The van der Waals surface area contributed by atoms with Gasteiger partial charge in [0.2, 0.25) is 0 Å². The molecule has 1 amide bonds. The molecule has 0 saturated carbocycles. The smallest absolute Gasteiger partial charge is 0.409 e. The SMILES string of the molecule is CCC(N)(CC)COC(=O)N1CCCCC1. The van der Waals surface area contributed by atoms with Gasteiger partial charge in [0, 0.05) is 18.6 Å². The number of amides is 1. The van der Waals surface area contributed by atoms with Crippen molar-refractivity contribution in [3.63, 3.8) is 0 Å². The van der Waals surface area contributed by atoms with Crippen LogP contribution in [0.2, 0.25) is 0 Å². The van der Waals surface area contributed by atoms with Crippen molar-refractivity contribution in [1.82, 2.24) is 4.90 Å². The Bertz CT molecular complexity index is 221. The standard InChI is InChI=1S/C12H24N2O2/c1-3-12(13,4-2)10-16-11(15)14-8-6-5-7-9-14/h3-10,13H2,1-2H3. The van der Waals surface area contributed by atoms with Crippen LogP contribution in [0.15, 0.2) is 0 Å². The van der Waals surface area contributed by atoms with E-state index in [4.69, 9.17) is 10.5 Å². The molecule has 4 heteroatoms. The lowest BCUT2D eigenvalue weighted by Crippen LogP contribution is -2.46. The van der Waals surface area contributed by atoms with Crippen LogP contribution < -0.4 is 5.73 Å². The Balaban J connectivity index is 2.33. The van der Waals surface area contributed by atoms with Crippen molar-refractivity contribution in [3.8, 4) is 0 Å². The summed E-state index contributed by atoms with van der Waals surface area (Å²) in [6.45, 7) is 6.04. The fourth-order valence-electron chi connectivity index (χ4n) is 1.83. The third kappa shape index (κ3) is 3.67. The molecule has 0 unspecified atom stereocenters. The molecular formula is C12H24N2O2. The average Bonchev–Trinajstić information content (AvgIpc) is 2.36. The van der Waals surface area contributed by atoms with Crippen molar-refractivity contribution in [1.29, 1.82) is 0 Å². The molecule has 1 saturated heterocycles. The van der Waals surface area contributed by atoms with E-state index in [1.807, 2.05) is 13.8 Å². The van der Waals surface area contributed by atoms with Gasteiger partial charge in [0.1, 0.15) is 6.61 Å². The van der Waals surface area contributed by atoms with Gasteiger partial charge in [-0.25, -0.2) is 4.79 Å². The number of hydrogen-bond donors (Lipinski definition) is 1. The van der Waals surface area contributed by atoms with Crippen molar-refractivity contribution >= 4 is 6.09 Å². The minimum Gasteiger partial charge on any atom is -0.447 e. The normalized spacial score (nSPS) is 17.3. The molecule has 0 aromatic heterocycles. The summed E-state index contributed by atoms with van der Waals surface area (Å²) in [5, 5.41) is 0. The molecular weight excluding hydrogens is 204 g/mol. The van der Waals surface area contributed by atoms with E-state index in [0.29, 0.717) is 6.61 Å². The number of piperidine rings is 1. The molecule has 0 aromatic carbocycles. The monoisotopic (exact) mass is 228 g/mol. The van der Waals surface area contributed by atoms with E-state index in [-0.39, 0.29) is 11.6 Å². The first kappa shape index (κ1) is 13.3. The molecule has 1 aliphatic rings. The highest BCUT2D eigenvalue weighted by Crippen LogP contribution is 2.14. The first-order chi connectivity index (χ1) is 7.61. The highest BCUT2D eigenvalue weighted by Gasteiger charge is 2.24. The first-order valence-electron chi connectivity index (χ1n) is 6.32. The van der Waals surface area contributed by atoms with Gasteiger partial charge in [-0.15, -0.1) is 0 Å². The molecule has 0 spiro atoms. The summed E-state index contributed by atoms with van der Waals surface area (Å²) in [6, 6.07) is 0. The van der Waals surface area contributed by atoms with E-state index in [9.17, 15) is 4.79 Å². The van der Waals surface area contributed by atoms with Crippen LogP contribution in [0.25, 0.3) is 0 Å². The molecule has 0 radical (unpaired) electrons. The summed E-state index contributed by atoms with van der Waals surface area (Å²) in [5.74, 6) is 0. The molecule has 2 N–H and O–H groups in total. The minimum absolute atomic E-state index is 0.198. The van der Waals surface area contributed by atoms with Crippen LogP contribution in [0.1, 0.15) is 46.0 Å². The van der Waals surface area contributed by atoms with Gasteiger partial charge in [-0.05, 0) is 32.1 Å². The van der Waals surface area contributed by atoms with Crippen molar-refractivity contribution < 1.29 is 9.53 Å². The van der Waals surface area contributed by atoms with E-state index >= 15 is 0 Å². The number of nitrogens with zero attached hydrogens (tertiary/aromatic N) is 1. The fourth-order valence-corrected chi connectivity index (χ4v) is 1.83. The van der Waals surface area contributed by atoms with Crippen LogP contribution in [0, 0.1) is 0 Å². The summed E-state index contributed by atoms with van der Waals surface area (Å²) >= 11 is 0. The Kier molecular flexibility index (Phi) is 5.06. The molecule has 0 aliphatic carbocycles. The Hall–Kier alpha value is -0.770. The highest BCUT2D eigenvalue weighted by atomic mass is 16.6. The van der Waals surface area contributed by atoms with Crippen molar-refractivity contribution in [3.05, 3.63) is 0 Å². The Morgan fingerprint density at radius 2 is 1.81 bits per heavy atom. The van der Waals surface area contributed by atoms with E-state index in [0.717, 1.165) is 38.8 Å². The van der Waals surface area contributed by atoms with Gasteiger partial charge >= 0.3 is 6.09 Å². The zero-order valence-electron chi connectivity index (χ0n) is 10.5. The third-order valence-electron chi connectivity index (χ3n) is 3.51. The third-order valence-corrected chi connectivity index (χ3v) is 3.51. The summed E-state index contributed by atoms with van der Waals surface area (Å²) in [4.78, 5) is 13.5. The van der Waals surface area contributed by atoms with Gasteiger partial charge < -0.3 is 15.4 Å². The van der Waals surface area contributed by atoms with Gasteiger partial charge in [-0.2, -0.15) is 0 Å². The Morgan fingerprint density at radius 3 is 2.31 bits per heavy atom. The van der Waals surface area contributed by atoms with E-state index in [2.05, 4.69) is 0 Å². The average molecular weight is 228 g/mol. The predicted molar refractivity (Wildman–Crippen MR) is 64.3 cm³/mol. The van der Waals surface area contributed by atoms with Gasteiger partial charge in [-0.3, -0.25) is 0 Å². The van der Waals surface area contributed by atoms with Gasteiger partial charge in [0.15, 0.2) is 0 Å². The lowest BCUT2D eigenvalue weighted by atomic mass is 9.96. The number of rotatable bonds is 4. The molecule has 94 valence electrons. The molecule has 16 heavy (non-hydrogen) atoms. The second-order valence-electron chi connectivity index (χ2n) is 4.67. The number of nitrogens with two attached hydrogens (primary N) is 1. The van der Waals surface area contributed by atoms with Crippen LogP contribution in [0.3, 0.4) is 0 Å². The van der Waals surface area contributed by atoms with Crippen LogP contribution in [-0.2, 0) is 4.74 Å². The molecule has 0 atom stereocenters. The van der Waals surface area contributed by atoms with Gasteiger partial charge in [0.05, 0.1) is 0 Å². The molecule has 1 heterocycles. The predicted octanol–water partition coefficient (Wildman–Crippen LogP) is 2.13. The maximum absolute atomic E-state index is 11.7. The molecule has 0 aromatic rings. The van der Waals surface area contributed by atoms with Crippen LogP contribution in [-0.4, -0.2) is 36.2 Å². The summed E-state index contributed by atoms with van der Waals surface area (Å²) < 4.78 is 5.29. The maximum atomic E-state index is 11.7. The molecule has 4 nitrogen and oxygen atoms in total. The maximum Gasteiger partial charge on any atom is 0.409 e. The Labute approximate surface area is 98.1 Å². The Morgan fingerprint density at radius 1 is 1.25 bits per heavy atom. The van der Waals surface area contributed by atoms with Crippen LogP contribution in [0.4, 0.5) is 4.79 Å².